The molecule has 168 valence electrons. The molecule has 10 heteroatoms. The van der Waals surface area contributed by atoms with Crippen molar-refractivity contribution < 1.29 is 14.4 Å². The van der Waals surface area contributed by atoms with E-state index in [1.165, 1.54) is 6.07 Å². The molecule has 2 aromatic carbocycles. The van der Waals surface area contributed by atoms with Gasteiger partial charge >= 0.3 is 0 Å². The molecule has 0 saturated carbocycles. The lowest BCUT2D eigenvalue weighted by molar-refractivity contribution is -0.384. The first-order valence-corrected chi connectivity index (χ1v) is 10.8. The number of benzene rings is 2. The van der Waals surface area contributed by atoms with Crippen LogP contribution < -0.4 is 14.8 Å². The van der Waals surface area contributed by atoms with Crippen LogP contribution in [-0.4, -0.2) is 29.3 Å². The fourth-order valence-electron chi connectivity index (χ4n) is 4.20. The summed E-state index contributed by atoms with van der Waals surface area (Å²) in [5.74, 6) is 1.64. The number of nitrogens with zero attached hydrogens (tertiary/aromatic N) is 2. The van der Waals surface area contributed by atoms with E-state index in [0.29, 0.717) is 45.9 Å². The number of nitro groups is 1. The maximum absolute atomic E-state index is 11.5. The van der Waals surface area contributed by atoms with E-state index >= 15 is 0 Å². The van der Waals surface area contributed by atoms with Crippen LogP contribution in [0.3, 0.4) is 0 Å². The molecule has 0 bridgehead atoms. The highest BCUT2D eigenvalue weighted by atomic mass is 35.5. The fraction of sp³-hybridized carbons (Fsp3) is 0.318. The highest BCUT2D eigenvalue weighted by Crippen LogP contribution is 2.47. The number of aryl methyl sites for hydroxylation is 1. The van der Waals surface area contributed by atoms with Crippen LogP contribution in [0.4, 0.5) is 17.2 Å². The molecule has 0 spiro atoms. The van der Waals surface area contributed by atoms with Crippen molar-refractivity contribution in [3.8, 4) is 11.5 Å². The number of hydrogen-bond acceptors (Lipinski definition) is 6. The molecular weight excluding hydrogens is 455 g/mol. The first-order valence-electron chi connectivity index (χ1n) is 10.0. The minimum absolute atomic E-state index is 0.0116. The van der Waals surface area contributed by atoms with Crippen LogP contribution in [0, 0.1) is 17.0 Å². The molecule has 1 atom stereocenters. The maximum atomic E-state index is 11.5. The van der Waals surface area contributed by atoms with Crippen LogP contribution in [-0.2, 0) is 12.8 Å². The summed E-state index contributed by atoms with van der Waals surface area (Å²) in [4.78, 5) is 11.1. The number of H-pyrrole nitrogens is 1. The van der Waals surface area contributed by atoms with E-state index in [0.717, 1.165) is 28.8 Å². The summed E-state index contributed by atoms with van der Waals surface area (Å²) in [5, 5.41) is 23.0. The first kappa shape index (κ1) is 22.2. The second kappa shape index (κ2) is 8.88. The average molecular weight is 477 g/mol. The summed E-state index contributed by atoms with van der Waals surface area (Å²) in [6, 6.07) is 6.64. The van der Waals surface area contributed by atoms with Crippen LogP contribution in [0.5, 0.6) is 11.5 Å². The zero-order valence-corrected chi connectivity index (χ0v) is 19.3. The van der Waals surface area contributed by atoms with Gasteiger partial charge in [0.1, 0.15) is 17.2 Å². The van der Waals surface area contributed by atoms with E-state index in [4.69, 9.17) is 32.7 Å². The molecule has 0 radical (unpaired) electrons. The molecule has 1 aliphatic carbocycles. The molecule has 1 unspecified atom stereocenters. The van der Waals surface area contributed by atoms with Gasteiger partial charge in [-0.2, -0.15) is 5.10 Å². The number of rotatable bonds is 6. The molecule has 1 aromatic heterocycles. The van der Waals surface area contributed by atoms with Crippen LogP contribution in [0.1, 0.15) is 34.7 Å². The van der Waals surface area contributed by atoms with Gasteiger partial charge < -0.3 is 14.8 Å². The molecule has 8 nitrogen and oxygen atoms in total. The Morgan fingerprint density at radius 3 is 2.53 bits per heavy atom. The molecule has 4 rings (SSSR count). The van der Waals surface area contributed by atoms with Crippen LogP contribution in [0.25, 0.3) is 0 Å². The minimum atomic E-state index is -0.398. The van der Waals surface area contributed by atoms with E-state index in [1.54, 1.807) is 26.4 Å². The van der Waals surface area contributed by atoms with Crippen LogP contribution >= 0.6 is 23.2 Å². The summed E-state index contributed by atoms with van der Waals surface area (Å²) in [6.07, 6.45) is 2.10. The van der Waals surface area contributed by atoms with Gasteiger partial charge in [0.2, 0.25) is 0 Å². The predicted octanol–water partition coefficient (Wildman–Crippen LogP) is 5.97. The Kier molecular flexibility index (Phi) is 6.17. The van der Waals surface area contributed by atoms with Gasteiger partial charge in [-0.05, 0) is 37.7 Å². The summed E-state index contributed by atoms with van der Waals surface area (Å²) in [5.41, 5.74) is 3.95. The van der Waals surface area contributed by atoms with Crippen molar-refractivity contribution in [1.82, 2.24) is 10.2 Å². The Hall–Kier alpha value is -2.97. The molecule has 1 aliphatic rings. The summed E-state index contributed by atoms with van der Waals surface area (Å²) in [6.45, 7) is 1.82. The summed E-state index contributed by atoms with van der Waals surface area (Å²) in [7, 11) is 3.10. The number of nitrogens with one attached hydrogen (secondary N) is 2. The number of methoxy groups -OCH3 is 2. The normalized spacial score (nSPS) is 15.2. The lowest BCUT2D eigenvalue weighted by Crippen LogP contribution is -2.14. The highest BCUT2D eigenvalue weighted by molar-refractivity contribution is 6.38. The quantitative estimate of drug-likeness (QED) is 0.335. The number of aromatic nitrogens is 2. The van der Waals surface area contributed by atoms with E-state index in [9.17, 15) is 10.1 Å². The van der Waals surface area contributed by atoms with Crippen molar-refractivity contribution >= 4 is 40.4 Å². The Balaban J connectivity index is 1.66. The van der Waals surface area contributed by atoms with Gasteiger partial charge in [-0.3, -0.25) is 15.2 Å². The molecule has 0 amide bonds. The third-order valence-electron chi connectivity index (χ3n) is 5.85. The SMILES string of the molecule is COc1cc(OC)c(Cl)c(C2CCc3c(Nc4c(C)cccc4[N+](=O)[O-])n[nH]c3C2)c1Cl. The summed E-state index contributed by atoms with van der Waals surface area (Å²) < 4.78 is 10.8. The molecule has 0 saturated heterocycles. The van der Waals surface area contributed by atoms with Crippen LogP contribution in [0.2, 0.25) is 10.0 Å². The van der Waals surface area contributed by atoms with Gasteiger partial charge in [-0.1, -0.05) is 35.3 Å². The molecule has 1 heterocycles. The number of aromatic amines is 1. The fourth-order valence-corrected chi connectivity index (χ4v) is 5.01. The summed E-state index contributed by atoms with van der Waals surface area (Å²) >= 11 is 13.2. The Bertz CT molecular complexity index is 1170. The largest absolute Gasteiger partial charge is 0.495 e. The molecule has 32 heavy (non-hydrogen) atoms. The van der Waals surface area contributed by atoms with Gasteiger partial charge in [0.15, 0.2) is 5.82 Å². The van der Waals surface area contributed by atoms with Crippen molar-refractivity contribution in [2.45, 2.75) is 32.1 Å². The molecule has 3 aromatic rings. The number of fused-ring (bicyclic) bond motifs is 1. The Morgan fingerprint density at radius 2 is 1.91 bits per heavy atom. The predicted molar refractivity (Wildman–Crippen MR) is 124 cm³/mol. The van der Waals surface area contributed by atoms with Crippen molar-refractivity contribution in [1.29, 1.82) is 0 Å². The van der Waals surface area contributed by atoms with Crippen molar-refractivity contribution in [2.75, 3.05) is 19.5 Å². The molecular formula is C22H22Cl2N4O4. The maximum Gasteiger partial charge on any atom is 0.292 e. The van der Waals surface area contributed by atoms with Crippen LogP contribution in [0.15, 0.2) is 24.3 Å². The molecule has 0 fully saturated rings. The molecule has 2 N–H and O–H groups in total. The van der Waals surface area contributed by atoms with Gasteiger partial charge in [0.05, 0.1) is 29.2 Å². The van der Waals surface area contributed by atoms with E-state index in [2.05, 4.69) is 15.5 Å². The van der Waals surface area contributed by atoms with Crippen molar-refractivity contribution in [2.24, 2.45) is 0 Å². The standard InChI is InChI=1S/C22H22Cl2N4O4/c1-11-5-4-6-15(28(29)30)21(11)25-22-13-8-7-12(9-14(13)26-27-22)18-19(23)16(31-2)10-17(32-3)20(18)24/h4-6,10,12H,7-9H2,1-3H3,(H2,25,26,27). The second-order valence-corrected chi connectivity index (χ2v) is 8.40. The van der Waals surface area contributed by atoms with Gasteiger partial charge in [0.25, 0.3) is 5.69 Å². The van der Waals surface area contributed by atoms with Crippen molar-refractivity contribution in [3.05, 3.63) is 66.8 Å². The van der Waals surface area contributed by atoms with E-state index < -0.39 is 4.92 Å². The number of nitro benzene ring substituents is 1. The van der Waals surface area contributed by atoms with Gasteiger partial charge in [-0.25, -0.2) is 0 Å². The number of hydrogen-bond donors (Lipinski definition) is 2. The lowest BCUT2D eigenvalue weighted by atomic mass is 9.82. The lowest BCUT2D eigenvalue weighted by Gasteiger charge is -2.26. The van der Waals surface area contributed by atoms with Crippen molar-refractivity contribution in [3.63, 3.8) is 0 Å². The first-order chi connectivity index (χ1) is 15.3. The third kappa shape index (κ3) is 3.84. The zero-order chi connectivity index (χ0) is 23.0. The van der Waals surface area contributed by atoms with Gasteiger partial charge in [-0.15, -0.1) is 0 Å². The monoisotopic (exact) mass is 476 g/mol. The van der Waals surface area contributed by atoms with Gasteiger partial charge in [0, 0.05) is 29.0 Å². The topological polar surface area (TPSA) is 102 Å². The Morgan fingerprint density at radius 1 is 1.22 bits per heavy atom. The highest BCUT2D eigenvalue weighted by Gasteiger charge is 2.30. The second-order valence-electron chi connectivity index (χ2n) is 7.64. The number of para-hydroxylation sites is 1. The smallest absolute Gasteiger partial charge is 0.292 e. The number of anilines is 2. The van der Waals surface area contributed by atoms with E-state index in [-0.39, 0.29) is 11.6 Å². The Labute approximate surface area is 195 Å². The zero-order valence-electron chi connectivity index (χ0n) is 17.8. The molecule has 0 aliphatic heterocycles. The average Bonchev–Trinajstić information content (AvgIpc) is 3.17. The number of halogens is 2. The minimum Gasteiger partial charge on any atom is -0.495 e. The van der Waals surface area contributed by atoms with E-state index in [1.807, 2.05) is 13.0 Å². The number of ether oxygens (including phenoxy) is 2. The third-order valence-corrected chi connectivity index (χ3v) is 6.63.